The third-order valence-electron chi connectivity index (χ3n) is 2.18. The Kier molecular flexibility index (Phi) is 4.78. The summed E-state index contributed by atoms with van der Waals surface area (Å²) in [5.74, 6) is 0. The Morgan fingerprint density at radius 3 is 2.80 bits per heavy atom. The number of benzene rings is 1. The van der Waals surface area contributed by atoms with Crippen molar-refractivity contribution in [3.05, 3.63) is 28.2 Å². The van der Waals surface area contributed by atoms with Crippen molar-refractivity contribution < 1.29 is 9.53 Å². The Bertz CT molecular complexity index is 341. The molecule has 0 aliphatic heterocycles. The molecule has 0 N–H and O–H groups in total. The molecule has 0 heterocycles. The van der Waals surface area contributed by atoms with E-state index in [9.17, 15) is 4.79 Å². The molecule has 0 atom stereocenters. The minimum absolute atomic E-state index is 0.666. The van der Waals surface area contributed by atoms with Crippen LogP contribution in [0.15, 0.2) is 22.7 Å². The number of anilines is 1. The molecule has 4 heteroatoms. The van der Waals surface area contributed by atoms with Crippen LogP contribution in [0.1, 0.15) is 10.4 Å². The van der Waals surface area contributed by atoms with Crippen LogP contribution < -0.4 is 4.90 Å². The number of hydrogen-bond donors (Lipinski definition) is 0. The molecule has 0 aromatic heterocycles. The molecule has 0 amide bonds. The normalized spacial score (nSPS) is 10.1. The van der Waals surface area contributed by atoms with Crippen molar-refractivity contribution in [1.29, 1.82) is 0 Å². The Hall–Kier alpha value is -0.870. The van der Waals surface area contributed by atoms with Gasteiger partial charge in [-0.3, -0.25) is 4.79 Å². The summed E-state index contributed by atoms with van der Waals surface area (Å²) in [6, 6.07) is 5.65. The largest absolute Gasteiger partial charge is 0.383 e. The standard InChI is InChI=1S/C11H14BrNO2/c1-13(5-6-15-2)10-4-3-9(8-14)11(12)7-10/h3-4,7-8H,5-6H2,1-2H3. The van der Waals surface area contributed by atoms with E-state index in [2.05, 4.69) is 20.8 Å². The summed E-state index contributed by atoms with van der Waals surface area (Å²) >= 11 is 3.35. The van der Waals surface area contributed by atoms with Crippen LogP contribution in [-0.4, -0.2) is 33.6 Å². The monoisotopic (exact) mass is 271 g/mol. The van der Waals surface area contributed by atoms with Crippen LogP contribution in [-0.2, 0) is 4.74 Å². The predicted molar refractivity (Wildman–Crippen MR) is 64.7 cm³/mol. The molecular weight excluding hydrogens is 258 g/mol. The van der Waals surface area contributed by atoms with E-state index in [-0.39, 0.29) is 0 Å². The smallest absolute Gasteiger partial charge is 0.151 e. The van der Waals surface area contributed by atoms with E-state index in [4.69, 9.17) is 4.74 Å². The van der Waals surface area contributed by atoms with Gasteiger partial charge in [0.2, 0.25) is 0 Å². The van der Waals surface area contributed by atoms with E-state index in [1.54, 1.807) is 13.2 Å². The summed E-state index contributed by atoms with van der Waals surface area (Å²) in [6.07, 6.45) is 0.836. The molecule has 0 saturated carbocycles. The molecule has 15 heavy (non-hydrogen) atoms. The summed E-state index contributed by atoms with van der Waals surface area (Å²) < 4.78 is 5.82. The zero-order valence-corrected chi connectivity index (χ0v) is 10.5. The number of nitrogens with zero attached hydrogens (tertiary/aromatic N) is 1. The Morgan fingerprint density at radius 1 is 1.53 bits per heavy atom. The molecule has 0 aliphatic carbocycles. The highest BCUT2D eigenvalue weighted by Gasteiger charge is 2.04. The molecule has 0 fully saturated rings. The lowest BCUT2D eigenvalue weighted by molar-refractivity contribution is 0.112. The van der Waals surface area contributed by atoms with Crippen LogP contribution in [0.3, 0.4) is 0 Å². The molecule has 0 aliphatic rings. The van der Waals surface area contributed by atoms with Crippen LogP contribution in [0.4, 0.5) is 5.69 Å². The molecule has 1 aromatic rings. The number of hydrogen-bond acceptors (Lipinski definition) is 3. The van der Waals surface area contributed by atoms with E-state index in [1.807, 2.05) is 19.2 Å². The first-order valence-corrected chi connectivity index (χ1v) is 5.43. The van der Waals surface area contributed by atoms with E-state index in [0.29, 0.717) is 12.2 Å². The molecule has 0 spiro atoms. The summed E-state index contributed by atoms with van der Waals surface area (Å²) in [6.45, 7) is 1.51. The van der Waals surface area contributed by atoms with Gasteiger partial charge in [-0.25, -0.2) is 0 Å². The van der Waals surface area contributed by atoms with Crippen molar-refractivity contribution in [3.8, 4) is 0 Å². The van der Waals surface area contributed by atoms with Crippen LogP contribution >= 0.6 is 15.9 Å². The van der Waals surface area contributed by atoms with E-state index in [1.165, 1.54) is 0 Å². The van der Waals surface area contributed by atoms with Gasteiger partial charge in [0, 0.05) is 36.4 Å². The minimum atomic E-state index is 0.666. The molecule has 0 unspecified atom stereocenters. The fourth-order valence-electron chi connectivity index (χ4n) is 1.21. The highest BCUT2D eigenvalue weighted by Crippen LogP contribution is 2.22. The van der Waals surface area contributed by atoms with Crippen molar-refractivity contribution in [3.63, 3.8) is 0 Å². The van der Waals surface area contributed by atoms with Crippen molar-refractivity contribution in [1.82, 2.24) is 0 Å². The van der Waals surface area contributed by atoms with E-state index >= 15 is 0 Å². The lowest BCUT2D eigenvalue weighted by Crippen LogP contribution is -2.21. The highest BCUT2D eigenvalue weighted by molar-refractivity contribution is 9.10. The summed E-state index contributed by atoms with van der Waals surface area (Å²) in [5.41, 5.74) is 1.73. The lowest BCUT2D eigenvalue weighted by Gasteiger charge is -2.19. The fourth-order valence-corrected chi connectivity index (χ4v) is 1.67. The van der Waals surface area contributed by atoms with E-state index < -0.39 is 0 Å². The maximum absolute atomic E-state index is 10.6. The van der Waals surface area contributed by atoms with Gasteiger partial charge < -0.3 is 9.64 Å². The quantitative estimate of drug-likeness (QED) is 0.770. The van der Waals surface area contributed by atoms with Gasteiger partial charge in [-0.15, -0.1) is 0 Å². The second kappa shape index (κ2) is 5.88. The molecule has 0 bridgehead atoms. The van der Waals surface area contributed by atoms with Crippen LogP contribution in [0.5, 0.6) is 0 Å². The van der Waals surface area contributed by atoms with Crippen molar-refractivity contribution in [2.45, 2.75) is 0 Å². The molecule has 3 nitrogen and oxygen atoms in total. The Morgan fingerprint density at radius 2 is 2.27 bits per heavy atom. The topological polar surface area (TPSA) is 29.5 Å². The van der Waals surface area contributed by atoms with Gasteiger partial charge in [0.05, 0.1) is 6.61 Å². The fraction of sp³-hybridized carbons (Fsp3) is 0.364. The zero-order valence-electron chi connectivity index (χ0n) is 8.87. The van der Waals surface area contributed by atoms with Crippen LogP contribution in [0.25, 0.3) is 0 Å². The number of rotatable bonds is 5. The third kappa shape index (κ3) is 3.32. The van der Waals surface area contributed by atoms with Gasteiger partial charge in [-0.2, -0.15) is 0 Å². The third-order valence-corrected chi connectivity index (χ3v) is 2.87. The number of aldehydes is 1. The van der Waals surface area contributed by atoms with Crippen LogP contribution in [0.2, 0.25) is 0 Å². The first kappa shape index (κ1) is 12.2. The second-order valence-electron chi connectivity index (χ2n) is 3.24. The average molecular weight is 272 g/mol. The Balaban J connectivity index is 2.77. The van der Waals surface area contributed by atoms with E-state index in [0.717, 1.165) is 23.0 Å². The molecular formula is C11H14BrNO2. The second-order valence-corrected chi connectivity index (χ2v) is 4.09. The number of halogens is 1. The summed E-state index contributed by atoms with van der Waals surface area (Å²) in [5, 5.41) is 0. The molecule has 1 rings (SSSR count). The first-order chi connectivity index (χ1) is 7.19. The van der Waals surface area contributed by atoms with Crippen molar-refractivity contribution >= 4 is 27.9 Å². The SMILES string of the molecule is COCCN(C)c1ccc(C=O)c(Br)c1. The number of methoxy groups -OCH3 is 1. The van der Waals surface area contributed by atoms with Gasteiger partial charge in [0.1, 0.15) is 0 Å². The average Bonchev–Trinajstić information content (AvgIpc) is 2.25. The first-order valence-electron chi connectivity index (χ1n) is 4.64. The van der Waals surface area contributed by atoms with Gasteiger partial charge in [0.25, 0.3) is 0 Å². The molecule has 82 valence electrons. The summed E-state index contributed by atoms with van der Waals surface area (Å²) in [4.78, 5) is 12.7. The summed E-state index contributed by atoms with van der Waals surface area (Å²) in [7, 11) is 3.67. The molecule has 1 aromatic carbocycles. The highest BCUT2D eigenvalue weighted by atomic mass is 79.9. The minimum Gasteiger partial charge on any atom is -0.383 e. The number of carbonyl (C=O) groups is 1. The van der Waals surface area contributed by atoms with Crippen molar-refractivity contribution in [2.75, 3.05) is 32.2 Å². The lowest BCUT2D eigenvalue weighted by atomic mass is 10.2. The Labute approximate surface area is 98.2 Å². The molecule has 0 radical (unpaired) electrons. The van der Waals surface area contributed by atoms with Crippen molar-refractivity contribution in [2.24, 2.45) is 0 Å². The van der Waals surface area contributed by atoms with Gasteiger partial charge in [0.15, 0.2) is 6.29 Å². The van der Waals surface area contributed by atoms with Gasteiger partial charge >= 0.3 is 0 Å². The van der Waals surface area contributed by atoms with Gasteiger partial charge in [-0.1, -0.05) is 0 Å². The number of ether oxygens (including phenoxy) is 1. The maximum Gasteiger partial charge on any atom is 0.151 e. The zero-order chi connectivity index (χ0) is 11.3. The predicted octanol–water partition coefficient (Wildman–Crippen LogP) is 2.34. The van der Waals surface area contributed by atoms with Crippen LogP contribution in [0, 0.1) is 0 Å². The number of likely N-dealkylation sites (N-methyl/N-ethyl adjacent to an activating group) is 1. The number of carbonyl (C=O) groups excluding carboxylic acids is 1. The van der Waals surface area contributed by atoms with Gasteiger partial charge in [-0.05, 0) is 34.1 Å². The maximum atomic E-state index is 10.6. The molecule has 0 saturated heterocycles.